The second kappa shape index (κ2) is 6.07. The van der Waals surface area contributed by atoms with E-state index in [4.69, 9.17) is 9.47 Å². The van der Waals surface area contributed by atoms with Gasteiger partial charge in [-0.15, -0.1) is 12.6 Å². The molecule has 1 aliphatic rings. The Hall–Kier alpha value is -1.00. The summed E-state index contributed by atoms with van der Waals surface area (Å²) >= 11 is 4.27. The van der Waals surface area contributed by atoms with Crippen LogP contribution in [0.25, 0.3) is 0 Å². The molecular formula is C13H16O3S. The second-order valence-electron chi connectivity index (χ2n) is 4.11. The lowest BCUT2D eigenvalue weighted by Crippen LogP contribution is -2.29. The number of hydrogen-bond donors (Lipinski definition) is 1. The van der Waals surface area contributed by atoms with Crippen molar-refractivity contribution in [3.05, 3.63) is 35.9 Å². The van der Waals surface area contributed by atoms with Gasteiger partial charge in [0.2, 0.25) is 0 Å². The molecule has 17 heavy (non-hydrogen) atoms. The van der Waals surface area contributed by atoms with E-state index in [0.717, 1.165) is 19.3 Å². The Balaban J connectivity index is 1.80. The topological polar surface area (TPSA) is 35.5 Å². The van der Waals surface area contributed by atoms with Crippen molar-refractivity contribution in [1.82, 2.24) is 0 Å². The summed E-state index contributed by atoms with van der Waals surface area (Å²) in [6.07, 6.45) is 2.95. The molecule has 0 bridgehead atoms. The molecule has 4 heteroatoms. The molecule has 1 fully saturated rings. The third-order valence-corrected chi connectivity index (χ3v) is 3.12. The fourth-order valence-corrected chi connectivity index (χ4v) is 2.18. The molecule has 0 aliphatic carbocycles. The van der Waals surface area contributed by atoms with E-state index in [0.29, 0.717) is 12.2 Å². The molecule has 0 spiro atoms. The second-order valence-corrected chi connectivity index (χ2v) is 4.68. The van der Waals surface area contributed by atoms with Crippen LogP contribution >= 0.6 is 12.6 Å². The van der Waals surface area contributed by atoms with Gasteiger partial charge in [-0.25, -0.2) is 4.79 Å². The number of carbonyl (C=O) groups is 1. The summed E-state index contributed by atoms with van der Waals surface area (Å²) < 4.78 is 10.8. The standard InChI is InChI=1S/C13H16O3S/c14-13(10-5-2-1-3-6-10)15-9-11-7-4-8-12(17)16-11/h1-3,5-6,11-12,17H,4,7-9H2/t11-,12-/m1/s1. The zero-order valence-corrected chi connectivity index (χ0v) is 10.4. The van der Waals surface area contributed by atoms with Gasteiger partial charge in [-0.3, -0.25) is 0 Å². The lowest BCUT2D eigenvalue weighted by molar-refractivity contribution is -0.0422. The van der Waals surface area contributed by atoms with Gasteiger partial charge < -0.3 is 9.47 Å². The van der Waals surface area contributed by atoms with Crippen molar-refractivity contribution in [2.75, 3.05) is 6.61 Å². The largest absolute Gasteiger partial charge is 0.459 e. The number of carbonyl (C=O) groups excluding carboxylic acids is 1. The minimum atomic E-state index is -0.296. The van der Waals surface area contributed by atoms with Crippen LogP contribution in [-0.4, -0.2) is 24.1 Å². The van der Waals surface area contributed by atoms with Gasteiger partial charge in [0.25, 0.3) is 0 Å². The molecule has 1 aromatic carbocycles. The van der Waals surface area contributed by atoms with Gasteiger partial charge in [-0.05, 0) is 31.4 Å². The lowest BCUT2D eigenvalue weighted by Gasteiger charge is -2.26. The van der Waals surface area contributed by atoms with Crippen LogP contribution in [0.1, 0.15) is 29.6 Å². The molecule has 1 aliphatic heterocycles. The molecule has 3 nitrogen and oxygen atoms in total. The molecule has 92 valence electrons. The van der Waals surface area contributed by atoms with Gasteiger partial charge in [0.05, 0.1) is 11.7 Å². The maximum Gasteiger partial charge on any atom is 0.338 e. The van der Waals surface area contributed by atoms with Crippen molar-refractivity contribution in [3.8, 4) is 0 Å². The van der Waals surface area contributed by atoms with Crippen LogP contribution in [0, 0.1) is 0 Å². The zero-order valence-electron chi connectivity index (χ0n) is 9.54. The van der Waals surface area contributed by atoms with Gasteiger partial charge in [0, 0.05) is 0 Å². The van der Waals surface area contributed by atoms with Gasteiger partial charge in [0.1, 0.15) is 12.0 Å². The van der Waals surface area contributed by atoms with Gasteiger partial charge >= 0.3 is 5.97 Å². The van der Waals surface area contributed by atoms with Crippen molar-refractivity contribution >= 4 is 18.6 Å². The normalized spacial score (nSPS) is 24.3. The van der Waals surface area contributed by atoms with E-state index < -0.39 is 0 Å². The monoisotopic (exact) mass is 252 g/mol. The molecule has 1 aromatic rings. The van der Waals surface area contributed by atoms with Crippen molar-refractivity contribution in [1.29, 1.82) is 0 Å². The highest BCUT2D eigenvalue weighted by Gasteiger charge is 2.21. The zero-order chi connectivity index (χ0) is 12.1. The van der Waals surface area contributed by atoms with E-state index in [2.05, 4.69) is 12.6 Å². The van der Waals surface area contributed by atoms with E-state index in [-0.39, 0.29) is 17.5 Å². The molecular weight excluding hydrogens is 236 g/mol. The Morgan fingerprint density at radius 3 is 2.82 bits per heavy atom. The smallest absolute Gasteiger partial charge is 0.338 e. The molecule has 1 saturated heterocycles. The number of esters is 1. The van der Waals surface area contributed by atoms with Crippen molar-refractivity contribution < 1.29 is 14.3 Å². The predicted octanol–water partition coefficient (Wildman–Crippen LogP) is 2.67. The average molecular weight is 252 g/mol. The first-order valence-electron chi connectivity index (χ1n) is 5.81. The minimum absolute atomic E-state index is 0.0149. The summed E-state index contributed by atoms with van der Waals surface area (Å²) in [5.74, 6) is -0.296. The fraction of sp³-hybridized carbons (Fsp3) is 0.462. The van der Waals surface area contributed by atoms with Crippen LogP contribution in [-0.2, 0) is 9.47 Å². The third kappa shape index (κ3) is 3.75. The molecule has 2 atom stereocenters. The van der Waals surface area contributed by atoms with Gasteiger partial charge in [-0.1, -0.05) is 18.2 Å². The van der Waals surface area contributed by atoms with Crippen LogP contribution < -0.4 is 0 Å². The summed E-state index contributed by atoms with van der Waals surface area (Å²) in [5, 5.41) is 0. The summed E-state index contributed by atoms with van der Waals surface area (Å²) in [7, 11) is 0. The molecule has 0 saturated carbocycles. The molecule has 0 amide bonds. The molecule has 0 N–H and O–H groups in total. The summed E-state index contributed by atoms with van der Waals surface area (Å²) in [6, 6.07) is 8.98. The first kappa shape index (κ1) is 12.5. The Labute approximate surface area is 107 Å². The first-order chi connectivity index (χ1) is 8.25. The van der Waals surface area contributed by atoms with E-state index in [1.54, 1.807) is 12.1 Å². The average Bonchev–Trinajstić information content (AvgIpc) is 2.37. The molecule has 0 aromatic heterocycles. The molecule has 0 unspecified atom stereocenters. The van der Waals surface area contributed by atoms with E-state index in [1.165, 1.54) is 0 Å². The number of rotatable bonds is 3. The van der Waals surface area contributed by atoms with Crippen LogP contribution in [0.5, 0.6) is 0 Å². The summed E-state index contributed by atoms with van der Waals surface area (Å²) in [4.78, 5) is 11.7. The van der Waals surface area contributed by atoms with Crippen LogP contribution in [0.15, 0.2) is 30.3 Å². The Kier molecular flexibility index (Phi) is 4.45. The number of ether oxygens (including phenoxy) is 2. The van der Waals surface area contributed by atoms with E-state index in [1.807, 2.05) is 18.2 Å². The molecule has 2 rings (SSSR count). The van der Waals surface area contributed by atoms with Crippen LogP contribution in [0.2, 0.25) is 0 Å². The van der Waals surface area contributed by atoms with Crippen molar-refractivity contribution in [2.45, 2.75) is 30.8 Å². The SMILES string of the molecule is O=C(OC[C@H]1CCC[C@@H](S)O1)c1ccccc1. The highest BCUT2D eigenvalue weighted by atomic mass is 32.1. The Morgan fingerprint density at radius 2 is 2.12 bits per heavy atom. The van der Waals surface area contributed by atoms with Crippen LogP contribution in [0.3, 0.4) is 0 Å². The first-order valence-corrected chi connectivity index (χ1v) is 6.33. The quantitative estimate of drug-likeness (QED) is 0.663. The fourth-order valence-electron chi connectivity index (χ4n) is 1.83. The number of hydrogen-bond acceptors (Lipinski definition) is 4. The predicted molar refractivity (Wildman–Crippen MR) is 68.2 cm³/mol. The summed E-state index contributed by atoms with van der Waals surface area (Å²) in [5.41, 5.74) is 0.551. The maximum atomic E-state index is 11.7. The lowest BCUT2D eigenvalue weighted by atomic mass is 10.1. The third-order valence-electron chi connectivity index (χ3n) is 2.74. The Morgan fingerprint density at radius 1 is 1.35 bits per heavy atom. The summed E-state index contributed by atoms with van der Waals surface area (Å²) in [6.45, 7) is 0.310. The highest BCUT2D eigenvalue weighted by molar-refractivity contribution is 7.80. The number of thiol groups is 1. The van der Waals surface area contributed by atoms with Crippen LogP contribution in [0.4, 0.5) is 0 Å². The van der Waals surface area contributed by atoms with E-state index >= 15 is 0 Å². The van der Waals surface area contributed by atoms with Gasteiger partial charge in [0.15, 0.2) is 0 Å². The highest BCUT2D eigenvalue weighted by Crippen LogP contribution is 2.21. The molecule has 0 radical (unpaired) electrons. The number of benzene rings is 1. The van der Waals surface area contributed by atoms with Crippen molar-refractivity contribution in [2.24, 2.45) is 0 Å². The van der Waals surface area contributed by atoms with Crippen molar-refractivity contribution in [3.63, 3.8) is 0 Å². The molecule has 1 heterocycles. The maximum absolute atomic E-state index is 11.7. The van der Waals surface area contributed by atoms with E-state index in [9.17, 15) is 4.79 Å². The minimum Gasteiger partial charge on any atom is -0.459 e. The Bertz CT molecular complexity index is 366. The van der Waals surface area contributed by atoms with Gasteiger partial charge in [-0.2, -0.15) is 0 Å².